The van der Waals surface area contributed by atoms with Gasteiger partial charge in [-0.1, -0.05) is 12.2 Å². The summed E-state index contributed by atoms with van der Waals surface area (Å²) in [6.45, 7) is 11.2. The molecule has 3 nitrogen and oxygen atoms in total. The summed E-state index contributed by atoms with van der Waals surface area (Å²) in [4.78, 5) is 10.7. The number of hydrogen-bond acceptors (Lipinski definition) is 3. The molecule has 0 rings (SSSR count). The Kier molecular flexibility index (Phi) is 12.0. The van der Waals surface area contributed by atoms with Crippen LogP contribution in [0.25, 0.3) is 0 Å². The van der Waals surface area contributed by atoms with E-state index in [1.54, 1.807) is 0 Å². The molecule has 0 aromatic rings. The highest BCUT2D eigenvalue weighted by molar-refractivity contribution is 5.87. The second-order valence-corrected chi connectivity index (χ2v) is 3.48. The predicted molar refractivity (Wildman–Crippen MR) is 62.6 cm³/mol. The molecule has 0 radical (unpaired) electrons. The van der Waals surface area contributed by atoms with Crippen molar-refractivity contribution in [3.8, 4) is 0 Å². The van der Waals surface area contributed by atoms with Gasteiger partial charge >= 0.3 is 5.97 Å². The minimum Gasteiger partial charge on any atom is -0.466 e. The monoisotopic (exact) mass is 214 g/mol. The van der Waals surface area contributed by atoms with Crippen molar-refractivity contribution in [1.82, 2.24) is 0 Å². The molecule has 1 N–H and O–H groups in total. The number of aliphatic hydroxyl groups is 1. The van der Waals surface area contributed by atoms with Gasteiger partial charge in [0.15, 0.2) is 0 Å². The maximum atomic E-state index is 10.7. The maximum Gasteiger partial charge on any atom is 0.333 e. The van der Waals surface area contributed by atoms with Gasteiger partial charge in [0.1, 0.15) is 0 Å². The van der Waals surface area contributed by atoms with Crippen LogP contribution in [0, 0.1) is 0 Å². The number of carbonyl (C=O) groups is 1. The Hall–Kier alpha value is -1.09. The van der Waals surface area contributed by atoms with Crippen molar-refractivity contribution in [3.05, 3.63) is 24.3 Å². The Morgan fingerprint density at radius 2 is 1.73 bits per heavy atom. The standard InChI is InChI=1S/C8H14O3.C4H8/c1-7(8(10)11-2)5-3-4-6-9;1-4(2)3/h9H,1,3-6H2,2H3;1H2,2-3H3. The van der Waals surface area contributed by atoms with Gasteiger partial charge in [-0.3, -0.25) is 0 Å². The van der Waals surface area contributed by atoms with E-state index in [9.17, 15) is 4.79 Å². The molecule has 0 unspecified atom stereocenters. The van der Waals surface area contributed by atoms with Crippen LogP contribution < -0.4 is 0 Å². The van der Waals surface area contributed by atoms with Crippen LogP contribution >= 0.6 is 0 Å². The fourth-order valence-electron chi connectivity index (χ4n) is 0.697. The van der Waals surface area contributed by atoms with Gasteiger partial charge in [0.05, 0.1) is 7.11 Å². The molecule has 0 bridgehead atoms. The van der Waals surface area contributed by atoms with E-state index < -0.39 is 0 Å². The fourth-order valence-corrected chi connectivity index (χ4v) is 0.697. The van der Waals surface area contributed by atoms with E-state index >= 15 is 0 Å². The number of unbranched alkanes of at least 4 members (excludes halogenated alkanes) is 1. The second kappa shape index (κ2) is 11.0. The lowest BCUT2D eigenvalue weighted by molar-refractivity contribution is -0.136. The summed E-state index contributed by atoms with van der Waals surface area (Å²) in [7, 11) is 1.33. The van der Waals surface area contributed by atoms with Crippen molar-refractivity contribution in [1.29, 1.82) is 0 Å². The molecule has 0 aliphatic heterocycles. The SMILES string of the molecule is C=C(C)C.C=C(CCCCO)C(=O)OC. The summed E-state index contributed by atoms with van der Waals surface area (Å²) < 4.78 is 4.44. The van der Waals surface area contributed by atoms with Gasteiger partial charge in [0.2, 0.25) is 0 Å². The van der Waals surface area contributed by atoms with Crippen molar-refractivity contribution in [2.75, 3.05) is 13.7 Å². The van der Waals surface area contributed by atoms with Gasteiger partial charge in [-0.2, -0.15) is 0 Å². The van der Waals surface area contributed by atoms with Crippen LogP contribution in [-0.4, -0.2) is 24.8 Å². The normalized spacial score (nSPS) is 8.53. The highest BCUT2D eigenvalue weighted by Crippen LogP contribution is 2.05. The molecular weight excluding hydrogens is 192 g/mol. The summed E-state index contributed by atoms with van der Waals surface area (Å²) in [5, 5.41) is 8.43. The van der Waals surface area contributed by atoms with E-state index in [4.69, 9.17) is 5.11 Å². The Morgan fingerprint density at radius 3 is 2.07 bits per heavy atom. The minimum absolute atomic E-state index is 0.161. The molecule has 0 fully saturated rings. The smallest absolute Gasteiger partial charge is 0.333 e. The Bertz CT molecular complexity index is 203. The lowest BCUT2D eigenvalue weighted by Crippen LogP contribution is -2.03. The molecular formula is C12H22O3. The number of ether oxygens (including phenoxy) is 1. The molecule has 0 atom stereocenters. The Morgan fingerprint density at radius 1 is 1.27 bits per heavy atom. The average Bonchev–Trinajstić information content (AvgIpc) is 2.16. The lowest BCUT2D eigenvalue weighted by atomic mass is 10.1. The summed E-state index contributed by atoms with van der Waals surface area (Å²) in [6.07, 6.45) is 2.09. The predicted octanol–water partition coefficient (Wildman–Crippen LogP) is 2.46. The zero-order valence-corrected chi connectivity index (χ0v) is 10.0. The molecule has 15 heavy (non-hydrogen) atoms. The molecule has 0 aliphatic rings. The van der Waals surface area contributed by atoms with Crippen LogP contribution in [0.15, 0.2) is 24.3 Å². The zero-order valence-electron chi connectivity index (χ0n) is 10.0. The van der Waals surface area contributed by atoms with Crippen molar-refractivity contribution in [2.24, 2.45) is 0 Å². The molecule has 0 amide bonds. The summed E-state index contributed by atoms with van der Waals surface area (Å²) in [6, 6.07) is 0. The minimum atomic E-state index is -0.358. The van der Waals surface area contributed by atoms with E-state index in [0.717, 1.165) is 6.42 Å². The molecule has 0 spiro atoms. The first-order valence-corrected chi connectivity index (χ1v) is 4.94. The third-order valence-electron chi connectivity index (χ3n) is 1.36. The largest absolute Gasteiger partial charge is 0.466 e. The number of hydrogen-bond donors (Lipinski definition) is 1. The molecule has 0 aliphatic carbocycles. The number of rotatable bonds is 5. The van der Waals surface area contributed by atoms with E-state index in [1.807, 2.05) is 13.8 Å². The topological polar surface area (TPSA) is 46.5 Å². The number of methoxy groups -OCH3 is 1. The molecule has 0 saturated heterocycles. The number of carbonyl (C=O) groups excluding carboxylic acids is 1. The van der Waals surface area contributed by atoms with Crippen LogP contribution in [0.1, 0.15) is 33.1 Å². The zero-order chi connectivity index (χ0) is 12.3. The first kappa shape index (κ1) is 16.3. The van der Waals surface area contributed by atoms with Gasteiger partial charge in [-0.15, -0.1) is 6.58 Å². The molecule has 0 heterocycles. The Balaban J connectivity index is 0. The Labute approximate surface area is 92.4 Å². The van der Waals surface area contributed by atoms with E-state index in [0.29, 0.717) is 18.4 Å². The van der Waals surface area contributed by atoms with Gasteiger partial charge in [0.25, 0.3) is 0 Å². The number of allylic oxidation sites excluding steroid dienone is 1. The van der Waals surface area contributed by atoms with E-state index in [-0.39, 0.29) is 12.6 Å². The van der Waals surface area contributed by atoms with Crippen LogP contribution in [0.5, 0.6) is 0 Å². The fraction of sp³-hybridized carbons (Fsp3) is 0.583. The first-order chi connectivity index (χ1) is 6.95. The van der Waals surface area contributed by atoms with Crippen LogP contribution in [0.4, 0.5) is 0 Å². The highest BCUT2D eigenvalue weighted by Gasteiger charge is 2.04. The molecule has 0 aromatic carbocycles. The third-order valence-corrected chi connectivity index (χ3v) is 1.36. The average molecular weight is 214 g/mol. The van der Waals surface area contributed by atoms with Crippen molar-refractivity contribution < 1.29 is 14.6 Å². The van der Waals surface area contributed by atoms with Gasteiger partial charge in [-0.25, -0.2) is 4.79 Å². The van der Waals surface area contributed by atoms with Crippen LogP contribution in [-0.2, 0) is 9.53 Å². The van der Waals surface area contributed by atoms with Gasteiger partial charge < -0.3 is 9.84 Å². The maximum absolute atomic E-state index is 10.7. The van der Waals surface area contributed by atoms with Crippen molar-refractivity contribution in [2.45, 2.75) is 33.1 Å². The molecule has 3 heteroatoms. The van der Waals surface area contributed by atoms with Gasteiger partial charge in [0, 0.05) is 12.2 Å². The highest BCUT2D eigenvalue weighted by atomic mass is 16.5. The van der Waals surface area contributed by atoms with E-state index in [2.05, 4.69) is 17.9 Å². The molecule has 0 aromatic heterocycles. The molecule has 88 valence electrons. The number of aliphatic hydroxyl groups excluding tert-OH is 1. The first-order valence-electron chi connectivity index (χ1n) is 4.94. The van der Waals surface area contributed by atoms with Crippen molar-refractivity contribution >= 4 is 5.97 Å². The molecule has 0 saturated carbocycles. The summed E-state index contributed by atoms with van der Waals surface area (Å²) in [5.41, 5.74) is 1.64. The van der Waals surface area contributed by atoms with Crippen LogP contribution in [0.3, 0.4) is 0 Å². The summed E-state index contributed by atoms with van der Waals surface area (Å²) >= 11 is 0. The van der Waals surface area contributed by atoms with E-state index in [1.165, 1.54) is 12.7 Å². The summed E-state index contributed by atoms with van der Waals surface area (Å²) in [5.74, 6) is -0.358. The van der Waals surface area contributed by atoms with Gasteiger partial charge in [-0.05, 0) is 33.1 Å². The van der Waals surface area contributed by atoms with Crippen LogP contribution in [0.2, 0.25) is 0 Å². The lowest BCUT2D eigenvalue weighted by Gasteiger charge is -2.01. The second-order valence-electron chi connectivity index (χ2n) is 3.48. The third kappa shape index (κ3) is 15.6. The number of esters is 1. The quantitative estimate of drug-likeness (QED) is 0.331. The van der Waals surface area contributed by atoms with Crippen molar-refractivity contribution in [3.63, 3.8) is 0 Å².